The minimum absolute atomic E-state index is 0.0911. The van der Waals surface area contributed by atoms with Gasteiger partial charge in [-0.2, -0.15) is 0 Å². The van der Waals surface area contributed by atoms with Gasteiger partial charge >= 0.3 is 5.97 Å². The quantitative estimate of drug-likeness (QED) is 0.498. The van der Waals surface area contributed by atoms with E-state index in [2.05, 4.69) is 10.6 Å². The fraction of sp³-hybridized carbons (Fsp3) is 0.448. The van der Waals surface area contributed by atoms with E-state index in [1.54, 1.807) is 23.1 Å². The summed E-state index contributed by atoms with van der Waals surface area (Å²) in [6.07, 6.45) is 1.06. The van der Waals surface area contributed by atoms with Gasteiger partial charge in [-0.1, -0.05) is 26.8 Å². The third kappa shape index (κ3) is 5.32. The lowest BCUT2D eigenvalue weighted by Gasteiger charge is -2.45. The highest BCUT2D eigenvalue weighted by Crippen LogP contribution is 2.39. The van der Waals surface area contributed by atoms with Gasteiger partial charge in [-0.15, -0.1) is 0 Å². The van der Waals surface area contributed by atoms with Crippen LogP contribution >= 0.6 is 0 Å². The molecule has 1 spiro atoms. The van der Waals surface area contributed by atoms with Crippen molar-refractivity contribution in [1.29, 1.82) is 0 Å². The molecule has 208 valence electrons. The number of hydrogen-bond acceptors (Lipinski definition) is 5. The average Bonchev–Trinajstić information content (AvgIpc) is 3.15. The van der Waals surface area contributed by atoms with Crippen LogP contribution in [0.1, 0.15) is 66.8 Å². The molecule has 0 bridgehead atoms. The van der Waals surface area contributed by atoms with E-state index in [-0.39, 0.29) is 35.0 Å². The lowest BCUT2D eigenvalue weighted by Crippen LogP contribution is -2.60. The predicted octanol–water partition coefficient (Wildman–Crippen LogP) is 3.18. The van der Waals surface area contributed by atoms with Crippen LogP contribution in [0.25, 0.3) is 0 Å². The number of carbonyl (C=O) groups excluding carboxylic acids is 3. The molecule has 2 aliphatic rings. The number of aryl methyl sites for hydroxylation is 1. The van der Waals surface area contributed by atoms with Crippen molar-refractivity contribution in [2.45, 2.75) is 64.7 Å². The SMILES string of the molecule is CCc1ccc(F)c(C(=O)N[C@@H](C(=O)N2CCC3(CC2)C(=O)N[C@H](C)N3c2ccc(C(=O)O)cc2)C(C)C)c1. The Morgan fingerprint density at radius 2 is 1.77 bits per heavy atom. The topological polar surface area (TPSA) is 119 Å². The smallest absolute Gasteiger partial charge is 0.335 e. The molecule has 39 heavy (non-hydrogen) atoms. The zero-order valence-electron chi connectivity index (χ0n) is 22.7. The molecule has 9 nitrogen and oxygen atoms in total. The van der Waals surface area contributed by atoms with Crippen LogP contribution in [0.3, 0.4) is 0 Å². The summed E-state index contributed by atoms with van der Waals surface area (Å²) >= 11 is 0. The Balaban J connectivity index is 1.50. The van der Waals surface area contributed by atoms with Crippen molar-refractivity contribution < 1.29 is 28.7 Å². The first kappa shape index (κ1) is 28.1. The van der Waals surface area contributed by atoms with Crippen LogP contribution in [0.5, 0.6) is 0 Å². The summed E-state index contributed by atoms with van der Waals surface area (Å²) in [7, 11) is 0. The Labute approximate surface area is 227 Å². The van der Waals surface area contributed by atoms with Crippen LogP contribution in [0.4, 0.5) is 10.1 Å². The summed E-state index contributed by atoms with van der Waals surface area (Å²) < 4.78 is 14.4. The number of carboxylic acids is 1. The van der Waals surface area contributed by atoms with Crippen LogP contribution in [-0.2, 0) is 16.0 Å². The lowest BCUT2D eigenvalue weighted by atomic mass is 9.85. The second kappa shape index (κ2) is 11.0. The van der Waals surface area contributed by atoms with Gasteiger partial charge in [-0.25, -0.2) is 9.18 Å². The molecule has 0 saturated carbocycles. The molecule has 2 atom stereocenters. The summed E-state index contributed by atoms with van der Waals surface area (Å²) in [5.41, 5.74) is 0.714. The van der Waals surface area contributed by atoms with Crippen molar-refractivity contribution in [2.75, 3.05) is 18.0 Å². The number of carbonyl (C=O) groups is 4. The lowest BCUT2D eigenvalue weighted by molar-refractivity contribution is -0.138. The van der Waals surface area contributed by atoms with Gasteiger partial charge in [-0.05, 0) is 74.1 Å². The minimum Gasteiger partial charge on any atom is -0.478 e. The second-order valence-corrected chi connectivity index (χ2v) is 10.6. The Morgan fingerprint density at radius 3 is 2.33 bits per heavy atom. The number of benzene rings is 2. The first-order valence-electron chi connectivity index (χ1n) is 13.3. The van der Waals surface area contributed by atoms with Crippen molar-refractivity contribution in [3.05, 3.63) is 65.0 Å². The van der Waals surface area contributed by atoms with E-state index in [9.17, 15) is 28.7 Å². The maximum Gasteiger partial charge on any atom is 0.335 e. The van der Waals surface area contributed by atoms with Crippen molar-refractivity contribution >= 4 is 29.4 Å². The Hall–Kier alpha value is -3.95. The van der Waals surface area contributed by atoms with Crippen LogP contribution in [0, 0.1) is 11.7 Å². The zero-order valence-corrected chi connectivity index (χ0v) is 22.7. The molecule has 3 N–H and O–H groups in total. The van der Waals surface area contributed by atoms with Gasteiger partial charge in [0, 0.05) is 18.8 Å². The fourth-order valence-electron chi connectivity index (χ4n) is 5.56. The molecule has 0 aliphatic carbocycles. The zero-order chi connectivity index (χ0) is 28.5. The molecule has 2 saturated heterocycles. The van der Waals surface area contributed by atoms with Gasteiger partial charge in [0.25, 0.3) is 5.91 Å². The summed E-state index contributed by atoms with van der Waals surface area (Å²) in [6, 6.07) is 9.95. The fourth-order valence-corrected chi connectivity index (χ4v) is 5.56. The Bertz CT molecular complexity index is 1270. The maximum atomic E-state index is 14.4. The van der Waals surface area contributed by atoms with Crippen molar-refractivity contribution in [2.24, 2.45) is 5.92 Å². The van der Waals surface area contributed by atoms with E-state index < -0.39 is 29.3 Å². The normalized spacial score (nSPS) is 19.2. The van der Waals surface area contributed by atoms with E-state index >= 15 is 0 Å². The molecule has 10 heteroatoms. The number of anilines is 1. The number of amides is 3. The first-order valence-corrected chi connectivity index (χ1v) is 13.3. The van der Waals surface area contributed by atoms with Crippen LogP contribution in [0.15, 0.2) is 42.5 Å². The van der Waals surface area contributed by atoms with E-state index in [1.807, 2.05) is 32.6 Å². The summed E-state index contributed by atoms with van der Waals surface area (Å²) in [5.74, 6) is -2.96. The van der Waals surface area contributed by atoms with Gasteiger partial charge in [0.1, 0.15) is 17.4 Å². The predicted molar refractivity (Wildman–Crippen MR) is 144 cm³/mol. The molecule has 4 rings (SSSR count). The number of aromatic carboxylic acids is 1. The van der Waals surface area contributed by atoms with Gasteiger partial charge in [-0.3, -0.25) is 14.4 Å². The molecule has 3 amide bonds. The standard InChI is InChI=1S/C29H35FN4O5/c1-5-19-6-11-23(30)22(16-19)25(35)32-24(17(2)3)26(36)33-14-12-29(13-15-33)28(39)31-18(4)34(29)21-9-7-20(8-10-21)27(37)38/h6-11,16-18,24H,5,12-15H2,1-4H3,(H,31,39)(H,32,35)(H,37,38)/t18-,24+/m0/s1. The number of rotatable bonds is 7. The largest absolute Gasteiger partial charge is 0.478 e. The van der Waals surface area contributed by atoms with Crippen molar-refractivity contribution in [1.82, 2.24) is 15.5 Å². The molecule has 2 fully saturated rings. The number of nitrogens with zero attached hydrogens (tertiary/aromatic N) is 2. The van der Waals surface area contributed by atoms with Crippen LogP contribution in [0.2, 0.25) is 0 Å². The van der Waals surface area contributed by atoms with E-state index in [0.717, 1.165) is 5.56 Å². The van der Waals surface area contributed by atoms with Gasteiger partial charge in [0.2, 0.25) is 11.8 Å². The number of nitrogens with one attached hydrogen (secondary N) is 2. The molecular formula is C29H35FN4O5. The number of piperidine rings is 1. The van der Waals surface area contributed by atoms with E-state index in [1.165, 1.54) is 24.3 Å². The molecule has 2 aromatic rings. The molecule has 0 aromatic heterocycles. The van der Waals surface area contributed by atoms with Gasteiger partial charge in [0.15, 0.2) is 0 Å². The molecule has 2 heterocycles. The first-order chi connectivity index (χ1) is 18.5. The Morgan fingerprint density at radius 1 is 1.13 bits per heavy atom. The highest BCUT2D eigenvalue weighted by Gasteiger charge is 2.54. The molecule has 2 aromatic carbocycles. The third-order valence-electron chi connectivity index (χ3n) is 7.81. The molecule has 0 unspecified atom stereocenters. The van der Waals surface area contributed by atoms with Gasteiger partial charge < -0.3 is 25.5 Å². The van der Waals surface area contributed by atoms with Crippen LogP contribution < -0.4 is 15.5 Å². The maximum absolute atomic E-state index is 14.4. The average molecular weight is 539 g/mol. The summed E-state index contributed by atoms with van der Waals surface area (Å²) in [4.78, 5) is 54.6. The van der Waals surface area contributed by atoms with E-state index in [4.69, 9.17) is 0 Å². The number of carboxylic acid groups (broad SMARTS) is 1. The molecule has 2 aliphatic heterocycles. The van der Waals surface area contributed by atoms with Crippen LogP contribution in [-0.4, -0.2) is 64.5 Å². The number of hydrogen-bond donors (Lipinski definition) is 3. The third-order valence-corrected chi connectivity index (χ3v) is 7.81. The van der Waals surface area contributed by atoms with Crippen molar-refractivity contribution in [3.63, 3.8) is 0 Å². The van der Waals surface area contributed by atoms with E-state index in [0.29, 0.717) is 38.0 Å². The van der Waals surface area contributed by atoms with Crippen molar-refractivity contribution in [3.8, 4) is 0 Å². The monoisotopic (exact) mass is 538 g/mol. The minimum atomic E-state index is -1.03. The summed E-state index contributed by atoms with van der Waals surface area (Å²) in [6.45, 7) is 8.01. The number of halogens is 1. The van der Waals surface area contributed by atoms with Gasteiger partial charge in [0.05, 0.1) is 17.3 Å². The Kier molecular flexibility index (Phi) is 7.94. The highest BCUT2D eigenvalue weighted by atomic mass is 19.1. The molecular weight excluding hydrogens is 503 g/mol. The number of likely N-dealkylation sites (tertiary alicyclic amines) is 1. The molecule has 0 radical (unpaired) electrons. The second-order valence-electron chi connectivity index (χ2n) is 10.6. The summed E-state index contributed by atoms with van der Waals surface area (Å²) in [5, 5.41) is 15.0. The highest BCUT2D eigenvalue weighted by molar-refractivity contribution is 5.98.